The van der Waals surface area contributed by atoms with E-state index >= 15 is 0 Å². The summed E-state index contributed by atoms with van der Waals surface area (Å²) in [6.45, 7) is 0. The maximum atomic E-state index is 5.25. The molecule has 2 heterocycles. The average Bonchev–Trinajstić information content (AvgIpc) is 3.34. The van der Waals surface area contributed by atoms with Gasteiger partial charge in [-0.05, 0) is 55.6 Å². The molecule has 9 aromatic carbocycles. The van der Waals surface area contributed by atoms with Crippen molar-refractivity contribution in [3.05, 3.63) is 218 Å². The van der Waals surface area contributed by atoms with Gasteiger partial charge in [0.05, 0.1) is 11.2 Å². The summed E-state index contributed by atoms with van der Waals surface area (Å²) in [5, 5.41) is 5.98. The molecule has 0 unspecified atom stereocenters. The summed E-state index contributed by atoms with van der Waals surface area (Å²) in [6.07, 6.45) is 0. The molecule has 0 radical (unpaired) electrons. The minimum atomic E-state index is 0.623. The number of hydrogen-bond donors (Lipinski definition) is 0. The van der Waals surface area contributed by atoms with Crippen LogP contribution in [0.5, 0.6) is 0 Å². The van der Waals surface area contributed by atoms with E-state index in [0.717, 1.165) is 61.1 Å². The summed E-state index contributed by atoms with van der Waals surface area (Å²) in [6, 6.07) is 76.4. The van der Waals surface area contributed by atoms with Gasteiger partial charge in [0.1, 0.15) is 0 Å². The van der Waals surface area contributed by atoms with Crippen molar-refractivity contribution in [2.24, 2.45) is 0 Å². The second-order valence-electron chi connectivity index (χ2n) is 15.0. The van der Waals surface area contributed by atoms with Crippen molar-refractivity contribution < 1.29 is 0 Å². The fourth-order valence-electron chi connectivity index (χ4n) is 8.22. The van der Waals surface area contributed by atoms with Gasteiger partial charge < -0.3 is 0 Å². The molecule has 4 nitrogen and oxygen atoms in total. The average molecular weight is 765 g/mol. The molecular formula is C56H36N4. The van der Waals surface area contributed by atoms with E-state index in [9.17, 15) is 0 Å². The number of benzene rings is 9. The highest BCUT2D eigenvalue weighted by Crippen LogP contribution is 2.38. The molecule has 60 heavy (non-hydrogen) atoms. The third kappa shape index (κ3) is 6.56. The zero-order valence-corrected chi connectivity index (χ0v) is 32.6. The van der Waals surface area contributed by atoms with Crippen molar-refractivity contribution in [3.63, 3.8) is 0 Å². The largest absolute Gasteiger partial charge is 0.247 e. The Morgan fingerprint density at radius 2 is 0.583 bits per heavy atom. The normalized spacial score (nSPS) is 11.3. The Bertz CT molecular complexity index is 3210. The quantitative estimate of drug-likeness (QED) is 0.152. The molecule has 0 spiro atoms. The van der Waals surface area contributed by atoms with Gasteiger partial charge in [-0.15, -0.1) is 0 Å². The van der Waals surface area contributed by atoms with Crippen LogP contribution in [0, 0.1) is 0 Å². The number of nitrogens with zero attached hydrogens (tertiary/aromatic N) is 4. The zero-order chi connectivity index (χ0) is 39.8. The SMILES string of the molecule is c1ccc(-c2ccc(-c3nc(-c4ccc(-c5ccccc5)cc4)nc(-c4ccc(-c5ccc(-c6nc7ccccc7c7ccc8ccccc8c67)cc5)cc4)n3)cc2)cc1. The highest BCUT2D eigenvalue weighted by atomic mass is 15.0. The molecule has 0 aliphatic heterocycles. The van der Waals surface area contributed by atoms with Crippen LogP contribution in [-0.4, -0.2) is 19.9 Å². The summed E-state index contributed by atoms with van der Waals surface area (Å²) >= 11 is 0. The van der Waals surface area contributed by atoms with Gasteiger partial charge in [0.2, 0.25) is 0 Å². The smallest absolute Gasteiger partial charge is 0.164 e. The second kappa shape index (κ2) is 15.0. The van der Waals surface area contributed by atoms with Crippen LogP contribution in [0.15, 0.2) is 218 Å². The molecule has 280 valence electrons. The molecule has 11 aromatic rings. The maximum Gasteiger partial charge on any atom is 0.164 e. The van der Waals surface area contributed by atoms with Crippen LogP contribution in [0.25, 0.3) is 111 Å². The number of aromatic nitrogens is 4. The van der Waals surface area contributed by atoms with E-state index in [1.165, 1.54) is 32.7 Å². The van der Waals surface area contributed by atoms with Gasteiger partial charge in [0.15, 0.2) is 17.5 Å². The van der Waals surface area contributed by atoms with Crippen LogP contribution in [0.4, 0.5) is 0 Å². The minimum Gasteiger partial charge on any atom is -0.247 e. The lowest BCUT2D eigenvalue weighted by molar-refractivity contribution is 1.07. The molecule has 0 atom stereocenters. The predicted molar refractivity (Wildman–Crippen MR) is 248 cm³/mol. The third-order valence-corrected chi connectivity index (χ3v) is 11.4. The summed E-state index contributed by atoms with van der Waals surface area (Å²) in [7, 11) is 0. The van der Waals surface area contributed by atoms with Crippen LogP contribution >= 0.6 is 0 Å². The minimum absolute atomic E-state index is 0.623. The number of hydrogen-bond acceptors (Lipinski definition) is 4. The highest BCUT2D eigenvalue weighted by molar-refractivity contribution is 6.21. The lowest BCUT2D eigenvalue weighted by atomic mass is 9.94. The van der Waals surface area contributed by atoms with E-state index in [1.54, 1.807) is 0 Å². The monoisotopic (exact) mass is 764 g/mol. The lowest BCUT2D eigenvalue weighted by Gasteiger charge is -2.13. The molecule has 0 aliphatic carbocycles. The van der Waals surface area contributed by atoms with Gasteiger partial charge in [-0.1, -0.05) is 212 Å². The van der Waals surface area contributed by atoms with Gasteiger partial charge in [0.25, 0.3) is 0 Å². The lowest BCUT2D eigenvalue weighted by Crippen LogP contribution is -2.00. The van der Waals surface area contributed by atoms with Crippen molar-refractivity contribution in [1.29, 1.82) is 0 Å². The molecule has 11 rings (SSSR count). The van der Waals surface area contributed by atoms with Crippen LogP contribution < -0.4 is 0 Å². The number of rotatable bonds is 7. The third-order valence-electron chi connectivity index (χ3n) is 11.4. The van der Waals surface area contributed by atoms with E-state index in [4.69, 9.17) is 19.9 Å². The molecule has 2 aromatic heterocycles. The molecular weight excluding hydrogens is 729 g/mol. The van der Waals surface area contributed by atoms with Crippen molar-refractivity contribution in [1.82, 2.24) is 19.9 Å². The van der Waals surface area contributed by atoms with Crippen molar-refractivity contribution in [3.8, 4) is 78.8 Å². The second-order valence-corrected chi connectivity index (χ2v) is 15.0. The van der Waals surface area contributed by atoms with E-state index in [0.29, 0.717) is 17.5 Å². The van der Waals surface area contributed by atoms with E-state index < -0.39 is 0 Å². The van der Waals surface area contributed by atoms with E-state index in [-0.39, 0.29) is 0 Å². The van der Waals surface area contributed by atoms with Gasteiger partial charge in [-0.2, -0.15) is 0 Å². The van der Waals surface area contributed by atoms with Crippen molar-refractivity contribution in [2.45, 2.75) is 0 Å². The van der Waals surface area contributed by atoms with Crippen LogP contribution in [0.3, 0.4) is 0 Å². The molecule has 0 N–H and O–H groups in total. The summed E-state index contributed by atoms with van der Waals surface area (Å²) in [5.74, 6) is 1.88. The summed E-state index contributed by atoms with van der Waals surface area (Å²) < 4.78 is 0. The van der Waals surface area contributed by atoms with E-state index in [1.807, 2.05) is 12.1 Å². The van der Waals surface area contributed by atoms with Crippen molar-refractivity contribution in [2.75, 3.05) is 0 Å². The Hall–Kier alpha value is -8.08. The van der Waals surface area contributed by atoms with Crippen molar-refractivity contribution >= 4 is 32.4 Å². The summed E-state index contributed by atoms with van der Waals surface area (Å²) in [4.78, 5) is 20.4. The highest BCUT2D eigenvalue weighted by Gasteiger charge is 2.16. The Kier molecular flexibility index (Phi) is 8.79. The Balaban J connectivity index is 0.945. The molecule has 0 bridgehead atoms. The van der Waals surface area contributed by atoms with E-state index in [2.05, 4.69) is 206 Å². The number of fused-ring (bicyclic) bond motifs is 5. The van der Waals surface area contributed by atoms with Gasteiger partial charge in [-0.25, -0.2) is 19.9 Å². The number of pyridine rings is 1. The Morgan fingerprint density at radius 3 is 1.07 bits per heavy atom. The van der Waals surface area contributed by atoms with Gasteiger partial charge >= 0.3 is 0 Å². The first-order chi connectivity index (χ1) is 29.7. The Morgan fingerprint density at radius 1 is 0.217 bits per heavy atom. The molecule has 0 amide bonds. The van der Waals surface area contributed by atoms with Gasteiger partial charge in [-0.3, -0.25) is 0 Å². The first-order valence-corrected chi connectivity index (χ1v) is 20.2. The molecule has 0 fully saturated rings. The standard InChI is InChI=1S/C56H36N4/c1-3-11-37(12-4-1)39-21-29-45(30-22-39)54-58-55(46-31-23-40(24-32-46)38-13-5-2-6-14-38)60-56(59-54)47-33-25-42(26-34-47)41-19-27-44(28-20-41)53-52-48-16-8-7-15-43(48)35-36-50(52)49-17-9-10-18-51(49)57-53/h1-36H. The van der Waals surface area contributed by atoms with Crippen LogP contribution in [-0.2, 0) is 0 Å². The zero-order valence-electron chi connectivity index (χ0n) is 32.6. The van der Waals surface area contributed by atoms with Gasteiger partial charge in [0, 0.05) is 33.0 Å². The van der Waals surface area contributed by atoms with Crippen LogP contribution in [0.1, 0.15) is 0 Å². The molecule has 4 heteroatoms. The summed E-state index contributed by atoms with van der Waals surface area (Å²) in [5.41, 5.74) is 12.7. The first-order valence-electron chi connectivity index (χ1n) is 20.2. The topological polar surface area (TPSA) is 51.6 Å². The van der Waals surface area contributed by atoms with Crippen LogP contribution in [0.2, 0.25) is 0 Å². The molecule has 0 saturated heterocycles. The molecule has 0 saturated carbocycles. The fraction of sp³-hybridized carbons (Fsp3) is 0. The number of para-hydroxylation sites is 1. The molecule has 0 aliphatic rings. The Labute approximate surface area is 348 Å². The first kappa shape index (κ1) is 35.1. The maximum absolute atomic E-state index is 5.25. The predicted octanol–water partition coefficient (Wildman–Crippen LogP) is 14.4. The fourth-order valence-corrected chi connectivity index (χ4v) is 8.22.